The molecule has 0 unspecified atom stereocenters. The number of piperazine rings is 1. The van der Waals surface area contributed by atoms with E-state index in [4.69, 9.17) is 0 Å². The maximum atomic E-state index is 13.1. The van der Waals surface area contributed by atoms with Gasteiger partial charge in [0.05, 0.1) is 11.3 Å². The lowest BCUT2D eigenvalue weighted by Crippen LogP contribution is -2.49. The van der Waals surface area contributed by atoms with Crippen LogP contribution >= 0.6 is 22.6 Å². The third-order valence-electron chi connectivity index (χ3n) is 3.60. The molecule has 0 aliphatic carbocycles. The van der Waals surface area contributed by atoms with E-state index in [1.54, 1.807) is 4.90 Å². The summed E-state index contributed by atoms with van der Waals surface area (Å²) in [5, 5.41) is 0. The molecule has 0 aromatic heterocycles. The van der Waals surface area contributed by atoms with Crippen LogP contribution in [0, 0.1) is 9.39 Å². The molecule has 0 N–H and O–H groups in total. The minimum Gasteiger partial charge on any atom is -0.336 e. The number of sulfone groups is 1. The number of amides is 1. The molecule has 22 heavy (non-hydrogen) atoms. The van der Waals surface area contributed by atoms with Crippen LogP contribution in [-0.2, 0) is 9.84 Å². The van der Waals surface area contributed by atoms with E-state index < -0.39 is 9.84 Å². The Labute approximate surface area is 143 Å². The molecule has 5 nitrogen and oxygen atoms in total. The summed E-state index contributed by atoms with van der Waals surface area (Å²) in [6.07, 6.45) is 1.23. The van der Waals surface area contributed by atoms with E-state index >= 15 is 0 Å². The zero-order valence-corrected chi connectivity index (χ0v) is 15.2. The molecule has 0 bridgehead atoms. The van der Waals surface area contributed by atoms with Crippen LogP contribution in [-0.4, -0.2) is 68.9 Å². The van der Waals surface area contributed by atoms with Crippen molar-refractivity contribution in [3.8, 4) is 0 Å². The Morgan fingerprint density at radius 1 is 1.27 bits per heavy atom. The van der Waals surface area contributed by atoms with Crippen LogP contribution < -0.4 is 0 Å². The Morgan fingerprint density at radius 3 is 2.45 bits per heavy atom. The number of carbonyl (C=O) groups excluding carboxylic acids is 1. The second-order valence-electron chi connectivity index (χ2n) is 5.39. The highest BCUT2D eigenvalue weighted by atomic mass is 127. The van der Waals surface area contributed by atoms with Crippen LogP contribution in [0.3, 0.4) is 0 Å². The molecule has 1 aromatic carbocycles. The van der Waals surface area contributed by atoms with Gasteiger partial charge in [-0.1, -0.05) is 0 Å². The Kier molecular flexibility index (Phi) is 5.78. The molecule has 0 atom stereocenters. The van der Waals surface area contributed by atoms with Gasteiger partial charge < -0.3 is 4.90 Å². The van der Waals surface area contributed by atoms with Crippen molar-refractivity contribution in [2.24, 2.45) is 0 Å². The summed E-state index contributed by atoms with van der Waals surface area (Å²) in [5.41, 5.74) is 0.506. The first-order valence-corrected chi connectivity index (χ1v) is 10.0. The molecular weight excluding hydrogens is 422 g/mol. The fourth-order valence-electron chi connectivity index (χ4n) is 2.30. The van der Waals surface area contributed by atoms with Gasteiger partial charge in [0.2, 0.25) is 0 Å². The molecule has 0 spiro atoms. The molecule has 0 saturated carbocycles. The highest BCUT2D eigenvalue weighted by Gasteiger charge is 2.23. The minimum atomic E-state index is -2.96. The van der Waals surface area contributed by atoms with Gasteiger partial charge in [0.25, 0.3) is 5.91 Å². The van der Waals surface area contributed by atoms with Gasteiger partial charge in [-0.3, -0.25) is 9.69 Å². The molecule has 1 amide bonds. The van der Waals surface area contributed by atoms with Crippen LogP contribution in [0.4, 0.5) is 4.39 Å². The lowest BCUT2D eigenvalue weighted by atomic mass is 10.2. The Hall–Kier alpha value is -0.740. The van der Waals surface area contributed by atoms with Gasteiger partial charge in [-0.2, -0.15) is 0 Å². The summed E-state index contributed by atoms with van der Waals surface area (Å²) in [7, 11) is -2.96. The van der Waals surface area contributed by atoms with Crippen molar-refractivity contribution in [1.29, 1.82) is 0 Å². The molecule has 1 aliphatic heterocycles. The zero-order valence-electron chi connectivity index (χ0n) is 12.3. The van der Waals surface area contributed by atoms with Crippen LogP contribution in [0.25, 0.3) is 0 Å². The fourth-order valence-corrected chi connectivity index (χ4v) is 3.60. The monoisotopic (exact) mass is 440 g/mol. The topological polar surface area (TPSA) is 57.7 Å². The lowest BCUT2D eigenvalue weighted by Gasteiger charge is -2.34. The summed E-state index contributed by atoms with van der Waals surface area (Å²) in [5.74, 6) is -0.324. The van der Waals surface area contributed by atoms with Gasteiger partial charge in [0, 0.05) is 42.5 Å². The first kappa shape index (κ1) is 17.6. The van der Waals surface area contributed by atoms with Gasteiger partial charge in [-0.15, -0.1) is 0 Å². The molecular formula is C14H18FIN2O3S. The molecule has 1 aliphatic rings. The zero-order chi connectivity index (χ0) is 16.3. The quantitative estimate of drug-likeness (QED) is 0.662. The smallest absolute Gasteiger partial charge is 0.255 e. The number of hydrogen-bond donors (Lipinski definition) is 0. The summed E-state index contributed by atoms with van der Waals surface area (Å²) >= 11 is 1.96. The molecule has 0 radical (unpaired) electrons. The van der Waals surface area contributed by atoms with Crippen molar-refractivity contribution in [2.75, 3.05) is 44.7 Å². The highest BCUT2D eigenvalue weighted by Crippen LogP contribution is 2.17. The van der Waals surface area contributed by atoms with Crippen LogP contribution in [0.1, 0.15) is 10.4 Å². The van der Waals surface area contributed by atoms with Crippen molar-refractivity contribution in [1.82, 2.24) is 9.80 Å². The van der Waals surface area contributed by atoms with Crippen molar-refractivity contribution in [3.63, 3.8) is 0 Å². The first-order valence-electron chi connectivity index (χ1n) is 6.91. The largest absolute Gasteiger partial charge is 0.336 e. The number of halogens is 2. The number of nitrogens with zero attached hydrogens (tertiary/aromatic N) is 2. The number of benzene rings is 1. The molecule has 122 valence electrons. The van der Waals surface area contributed by atoms with Gasteiger partial charge in [-0.25, -0.2) is 12.8 Å². The average Bonchev–Trinajstić information content (AvgIpc) is 2.44. The second kappa shape index (κ2) is 7.22. The van der Waals surface area contributed by atoms with Crippen LogP contribution in [0.15, 0.2) is 18.2 Å². The average molecular weight is 440 g/mol. The molecule has 1 aromatic rings. The van der Waals surface area contributed by atoms with Crippen molar-refractivity contribution in [3.05, 3.63) is 33.1 Å². The van der Waals surface area contributed by atoms with E-state index in [2.05, 4.69) is 0 Å². The van der Waals surface area contributed by atoms with Gasteiger partial charge >= 0.3 is 0 Å². The Balaban J connectivity index is 1.92. The summed E-state index contributed by atoms with van der Waals surface area (Å²) in [6.45, 7) is 2.90. The van der Waals surface area contributed by atoms with Crippen LogP contribution in [0.5, 0.6) is 0 Å². The fraction of sp³-hybridized carbons (Fsp3) is 0.500. The van der Waals surface area contributed by atoms with Crippen molar-refractivity contribution in [2.45, 2.75) is 0 Å². The van der Waals surface area contributed by atoms with E-state index in [0.717, 1.165) is 0 Å². The van der Waals surface area contributed by atoms with Crippen molar-refractivity contribution < 1.29 is 17.6 Å². The van der Waals surface area contributed by atoms with Crippen molar-refractivity contribution >= 4 is 38.3 Å². The number of hydrogen-bond acceptors (Lipinski definition) is 4. The Bertz CT molecular complexity index is 658. The SMILES string of the molecule is CS(=O)(=O)CCN1CCN(C(=O)c2ccc(F)cc2I)CC1. The van der Waals surface area contributed by atoms with Gasteiger partial charge in [0.1, 0.15) is 15.7 Å². The molecule has 8 heteroatoms. The third-order valence-corrected chi connectivity index (χ3v) is 5.42. The minimum absolute atomic E-state index is 0.104. The summed E-state index contributed by atoms with van der Waals surface area (Å²) in [4.78, 5) is 16.2. The van der Waals surface area contributed by atoms with Gasteiger partial charge in [0.15, 0.2) is 0 Å². The maximum absolute atomic E-state index is 13.1. The van der Waals surface area contributed by atoms with Gasteiger partial charge in [-0.05, 0) is 40.8 Å². The van der Waals surface area contributed by atoms with E-state index in [0.29, 0.717) is 41.9 Å². The van der Waals surface area contributed by atoms with Crippen LogP contribution in [0.2, 0.25) is 0 Å². The normalized spacial score (nSPS) is 16.8. The maximum Gasteiger partial charge on any atom is 0.255 e. The molecule has 1 saturated heterocycles. The Morgan fingerprint density at radius 2 is 1.91 bits per heavy atom. The van der Waals surface area contributed by atoms with E-state index in [9.17, 15) is 17.6 Å². The third kappa shape index (κ3) is 4.88. The predicted octanol–water partition coefficient (Wildman–Crippen LogP) is 1.23. The second-order valence-corrected chi connectivity index (χ2v) is 8.81. The summed E-state index contributed by atoms with van der Waals surface area (Å²) in [6, 6.07) is 4.14. The predicted molar refractivity (Wildman–Crippen MR) is 91.2 cm³/mol. The molecule has 2 rings (SSSR count). The standard InChI is InChI=1S/C14H18FIN2O3S/c1-22(20,21)9-8-17-4-6-18(7-5-17)14(19)12-3-2-11(15)10-13(12)16/h2-3,10H,4-9H2,1H3. The van der Waals surface area contributed by atoms with E-state index in [-0.39, 0.29) is 17.5 Å². The molecule has 1 fully saturated rings. The van der Waals surface area contributed by atoms with E-state index in [1.165, 1.54) is 24.5 Å². The number of rotatable bonds is 4. The molecule has 1 heterocycles. The summed E-state index contributed by atoms with van der Waals surface area (Å²) < 4.78 is 36.0. The highest BCUT2D eigenvalue weighted by molar-refractivity contribution is 14.1. The lowest BCUT2D eigenvalue weighted by molar-refractivity contribution is 0.0643. The number of carbonyl (C=O) groups is 1. The first-order chi connectivity index (χ1) is 10.3. The van der Waals surface area contributed by atoms with E-state index in [1.807, 2.05) is 27.5 Å².